The van der Waals surface area contributed by atoms with Crippen LogP contribution in [-0.2, 0) is 17.8 Å². The third-order valence-electron chi connectivity index (χ3n) is 4.30. The fourth-order valence-electron chi connectivity index (χ4n) is 3.10. The Hall–Kier alpha value is -2.21. The van der Waals surface area contributed by atoms with E-state index in [0.29, 0.717) is 0 Å². The monoisotopic (exact) mass is 312 g/mol. The molecular weight excluding hydrogens is 296 g/mol. The number of amides is 1. The molecule has 22 heavy (non-hydrogen) atoms. The van der Waals surface area contributed by atoms with Gasteiger partial charge in [-0.25, -0.2) is 4.68 Å². The minimum Gasteiger partial charge on any atom is -0.334 e. The van der Waals surface area contributed by atoms with Crippen LogP contribution in [-0.4, -0.2) is 32.3 Å². The van der Waals surface area contributed by atoms with Crippen LogP contribution in [0.25, 0.3) is 11.0 Å². The molecule has 5 nitrogen and oxygen atoms in total. The molecule has 6 heteroatoms. The first-order chi connectivity index (χ1) is 10.7. The summed E-state index contributed by atoms with van der Waals surface area (Å²) in [7, 11) is 0. The molecule has 1 amide bonds. The van der Waals surface area contributed by atoms with E-state index in [1.807, 2.05) is 29.2 Å². The number of hydrogen-bond donors (Lipinski definition) is 0. The van der Waals surface area contributed by atoms with Crippen molar-refractivity contribution < 1.29 is 4.79 Å². The highest BCUT2D eigenvalue weighted by Crippen LogP contribution is 2.32. The van der Waals surface area contributed by atoms with Crippen LogP contribution < -0.4 is 0 Å². The maximum atomic E-state index is 12.7. The summed E-state index contributed by atoms with van der Waals surface area (Å²) in [5.41, 5.74) is 3.01. The van der Waals surface area contributed by atoms with Crippen LogP contribution in [0.5, 0.6) is 0 Å². The summed E-state index contributed by atoms with van der Waals surface area (Å²) in [4.78, 5) is 16.0. The Morgan fingerprint density at radius 1 is 1.36 bits per heavy atom. The van der Waals surface area contributed by atoms with Crippen molar-refractivity contribution in [2.24, 2.45) is 0 Å². The number of aromatic nitrogens is 3. The minimum atomic E-state index is 0.0972. The number of carbonyl (C=O) groups excluding carboxylic acids is 1. The summed E-state index contributed by atoms with van der Waals surface area (Å²) in [6, 6.07) is 9.98. The van der Waals surface area contributed by atoms with Gasteiger partial charge in [0.2, 0.25) is 5.91 Å². The van der Waals surface area contributed by atoms with E-state index in [0.717, 1.165) is 24.0 Å². The lowest BCUT2D eigenvalue weighted by Gasteiger charge is -2.33. The van der Waals surface area contributed by atoms with Gasteiger partial charge < -0.3 is 4.90 Å². The van der Waals surface area contributed by atoms with Crippen LogP contribution >= 0.6 is 11.3 Å². The summed E-state index contributed by atoms with van der Waals surface area (Å²) in [5.74, 6) is 0.0972. The van der Waals surface area contributed by atoms with Gasteiger partial charge in [-0.2, -0.15) is 0 Å². The van der Waals surface area contributed by atoms with Crippen molar-refractivity contribution in [1.82, 2.24) is 19.9 Å². The zero-order valence-corrected chi connectivity index (χ0v) is 13.1. The van der Waals surface area contributed by atoms with E-state index in [1.165, 1.54) is 10.4 Å². The highest BCUT2D eigenvalue weighted by atomic mass is 32.1. The van der Waals surface area contributed by atoms with Crippen molar-refractivity contribution >= 4 is 28.3 Å². The Morgan fingerprint density at radius 3 is 3.14 bits per heavy atom. The number of para-hydroxylation sites is 1. The van der Waals surface area contributed by atoms with Crippen molar-refractivity contribution in [3.05, 3.63) is 46.2 Å². The lowest BCUT2D eigenvalue weighted by atomic mass is 10.0. The van der Waals surface area contributed by atoms with Crippen molar-refractivity contribution in [2.75, 3.05) is 6.54 Å². The van der Waals surface area contributed by atoms with Crippen molar-refractivity contribution in [2.45, 2.75) is 25.9 Å². The van der Waals surface area contributed by atoms with Crippen molar-refractivity contribution in [3.8, 4) is 0 Å². The van der Waals surface area contributed by atoms with Crippen molar-refractivity contribution in [1.29, 1.82) is 0 Å². The Morgan fingerprint density at radius 2 is 2.23 bits per heavy atom. The summed E-state index contributed by atoms with van der Waals surface area (Å²) >= 11 is 1.78. The minimum absolute atomic E-state index is 0.0972. The van der Waals surface area contributed by atoms with Crippen LogP contribution in [0.3, 0.4) is 0 Å². The average molecular weight is 312 g/mol. The molecule has 0 radical (unpaired) electrons. The number of nitrogens with zero attached hydrogens (tertiary/aromatic N) is 4. The van der Waals surface area contributed by atoms with E-state index in [2.05, 4.69) is 28.7 Å². The SMILES string of the molecule is CC1c2ccsc2CCN1C(=O)Cn1nnc2ccccc21. The van der Waals surface area contributed by atoms with Crippen LogP contribution in [0.15, 0.2) is 35.7 Å². The van der Waals surface area contributed by atoms with Crippen LogP contribution in [0, 0.1) is 0 Å². The lowest BCUT2D eigenvalue weighted by molar-refractivity contribution is -0.134. The zero-order valence-electron chi connectivity index (χ0n) is 12.3. The second-order valence-corrected chi connectivity index (χ2v) is 6.55. The maximum Gasteiger partial charge on any atom is 0.244 e. The predicted molar refractivity (Wildman–Crippen MR) is 85.7 cm³/mol. The van der Waals surface area contributed by atoms with E-state index >= 15 is 0 Å². The van der Waals surface area contributed by atoms with E-state index in [1.54, 1.807) is 16.0 Å². The van der Waals surface area contributed by atoms with Gasteiger partial charge in [0.05, 0.1) is 11.6 Å². The fraction of sp³-hybridized carbons (Fsp3) is 0.312. The lowest BCUT2D eigenvalue weighted by Crippen LogP contribution is -2.40. The number of benzene rings is 1. The second kappa shape index (κ2) is 5.21. The number of thiophene rings is 1. The molecule has 0 saturated heterocycles. The molecule has 0 N–H and O–H groups in total. The molecule has 1 aliphatic heterocycles. The first kappa shape index (κ1) is 13.5. The molecule has 112 valence electrons. The van der Waals surface area contributed by atoms with Crippen LogP contribution in [0.2, 0.25) is 0 Å². The molecule has 3 aromatic rings. The average Bonchev–Trinajstić information content (AvgIpc) is 3.15. The highest BCUT2D eigenvalue weighted by molar-refractivity contribution is 7.10. The molecule has 0 fully saturated rings. The normalized spacial score (nSPS) is 17.7. The van der Waals surface area contributed by atoms with Gasteiger partial charge in [0.15, 0.2) is 0 Å². The first-order valence-electron chi connectivity index (χ1n) is 7.38. The molecule has 4 rings (SSSR count). The predicted octanol–water partition coefficient (Wildman–Crippen LogP) is 2.64. The summed E-state index contributed by atoms with van der Waals surface area (Å²) in [6.45, 7) is 3.12. The molecule has 1 unspecified atom stereocenters. The fourth-order valence-corrected chi connectivity index (χ4v) is 4.07. The van der Waals surface area contributed by atoms with Gasteiger partial charge in [-0.3, -0.25) is 4.79 Å². The summed E-state index contributed by atoms with van der Waals surface area (Å²) < 4.78 is 1.69. The number of rotatable bonds is 2. The van der Waals surface area contributed by atoms with Gasteiger partial charge in [-0.1, -0.05) is 17.3 Å². The summed E-state index contributed by atoms with van der Waals surface area (Å²) in [6.07, 6.45) is 0.946. The smallest absolute Gasteiger partial charge is 0.244 e. The van der Waals surface area contributed by atoms with Gasteiger partial charge in [0.1, 0.15) is 12.1 Å². The topological polar surface area (TPSA) is 51.0 Å². The van der Waals surface area contributed by atoms with E-state index in [-0.39, 0.29) is 18.5 Å². The summed E-state index contributed by atoms with van der Waals surface area (Å²) in [5, 5.41) is 10.3. The maximum absolute atomic E-state index is 12.7. The van der Waals surface area contributed by atoms with Gasteiger partial charge in [-0.05, 0) is 42.5 Å². The Kier molecular flexibility index (Phi) is 3.18. The zero-order chi connectivity index (χ0) is 15.1. The third-order valence-corrected chi connectivity index (χ3v) is 5.30. The van der Waals surface area contributed by atoms with Gasteiger partial charge in [0, 0.05) is 11.4 Å². The molecule has 1 aliphatic rings. The molecule has 0 spiro atoms. The highest BCUT2D eigenvalue weighted by Gasteiger charge is 2.28. The molecule has 0 saturated carbocycles. The number of fused-ring (bicyclic) bond motifs is 2. The van der Waals surface area contributed by atoms with Crippen LogP contribution in [0.1, 0.15) is 23.4 Å². The van der Waals surface area contributed by atoms with Gasteiger partial charge in [0.25, 0.3) is 0 Å². The molecular formula is C16H16N4OS. The molecule has 1 atom stereocenters. The van der Waals surface area contributed by atoms with E-state index in [4.69, 9.17) is 0 Å². The van der Waals surface area contributed by atoms with E-state index < -0.39 is 0 Å². The number of carbonyl (C=O) groups is 1. The molecule has 1 aromatic carbocycles. The Balaban J connectivity index is 1.58. The molecule has 0 aliphatic carbocycles. The second-order valence-electron chi connectivity index (χ2n) is 5.55. The van der Waals surface area contributed by atoms with Crippen molar-refractivity contribution in [3.63, 3.8) is 0 Å². The Bertz CT molecular complexity index is 837. The molecule has 0 bridgehead atoms. The standard InChI is InChI=1S/C16H16N4OS/c1-11-12-7-9-22-15(12)6-8-19(11)16(21)10-20-14-5-3-2-4-13(14)17-18-20/h2-5,7,9,11H,6,8,10H2,1H3. The third kappa shape index (κ3) is 2.11. The quantitative estimate of drug-likeness (QED) is 0.731. The number of hydrogen-bond acceptors (Lipinski definition) is 4. The van der Waals surface area contributed by atoms with E-state index in [9.17, 15) is 4.79 Å². The first-order valence-corrected chi connectivity index (χ1v) is 8.26. The Labute approximate surface area is 132 Å². The molecule has 2 aromatic heterocycles. The van der Waals surface area contributed by atoms with Crippen LogP contribution in [0.4, 0.5) is 0 Å². The molecule has 3 heterocycles. The largest absolute Gasteiger partial charge is 0.334 e. The van der Waals surface area contributed by atoms with Gasteiger partial charge >= 0.3 is 0 Å². The van der Waals surface area contributed by atoms with Gasteiger partial charge in [-0.15, -0.1) is 16.4 Å².